The van der Waals surface area contributed by atoms with E-state index in [4.69, 9.17) is 5.73 Å². The maximum atomic E-state index is 5.97. The molecule has 1 aromatic heterocycles. The zero-order valence-corrected chi connectivity index (χ0v) is 12.0. The van der Waals surface area contributed by atoms with Crippen molar-refractivity contribution in [1.82, 2.24) is 9.88 Å². The van der Waals surface area contributed by atoms with Crippen LogP contribution in [0.25, 0.3) is 0 Å². The van der Waals surface area contributed by atoms with Crippen LogP contribution in [0.3, 0.4) is 0 Å². The first-order chi connectivity index (χ1) is 8.79. The monoisotopic (exact) mass is 265 g/mol. The largest absolute Gasteiger partial charge is 0.329 e. The lowest BCUT2D eigenvalue weighted by atomic mass is 9.91. The average molecular weight is 265 g/mol. The second-order valence-electron chi connectivity index (χ2n) is 5.83. The highest BCUT2D eigenvalue weighted by Crippen LogP contribution is 2.42. The van der Waals surface area contributed by atoms with E-state index in [9.17, 15) is 0 Å². The molecule has 2 atom stereocenters. The van der Waals surface area contributed by atoms with E-state index >= 15 is 0 Å². The molecule has 1 saturated carbocycles. The second kappa shape index (κ2) is 5.27. The van der Waals surface area contributed by atoms with Crippen molar-refractivity contribution in [3.8, 4) is 0 Å². The van der Waals surface area contributed by atoms with E-state index in [-0.39, 0.29) is 0 Å². The van der Waals surface area contributed by atoms with Crippen molar-refractivity contribution in [2.24, 2.45) is 11.7 Å². The first-order valence-electron chi connectivity index (χ1n) is 7.16. The van der Waals surface area contributed by atoms with Crippen LogP contribution in [0.15, 0.2) is 5.51 Å². The number of rotatable bonds is 4. The summed E-state index contributed by atoms with van der Waals surface area (Å²) in [5, 5.41) is 0. The van der Waals surface area contributed by atoms with Crippen LogP contribution in [0, 0.1) is 5.92 Å². The highest BCUT2D eigenvalue weighted by atomic mass is 32.1. The zero-order chi connectivity index (χ0) is 12.5. The van der Waals surface area contributed by atoms with E-state index in [0.29, 0.717) is 6.04 Å². The van der Waals surface area contributed by atoms with Crippen molar-refractivity contribution in [2.45, 2.75) is 51.1 Å². The SMILES string of the molecule is CC1CCCN(Cc2scnc2C2CC2)C1CN. The molecule has 1 saturated heterocycles. The Kier molecular flexibility index (Phi) is 3.68. The van der Waals surface area contributed by atoms with Crippen LogP contribution in [0.5, 0.6) is 0 Å². The van der Waals surface area contributed by atoms with Crippen LogP contribution in [0.2, 0.25) is 0 Å². The Morgan fingerprint density at radius 3 is 3.00 bits per heavy atom. The van der Waals surface area contributed by atoms with E-state index in [1.165, 1.54) is 42.8 Å². The van der Waals surface area contributed by atoms with Gasteiger partial charge >= 0.3 is 0 Å². The Balaban J connectivity index is 1.72. The van der Waals surface area contributed by atoms with E-state index in [1.807, 2.05) is 16.8 Å². The molecule has 0 radical (unpaired) electrons. The summed E-state index contributed by atoms with van der Waals surface area (Å²) in [5.41, 5.74) is 9.37. The Morgan fingerprint density at radius 2 is 2.28 bits per heavy atom. The molecule has 3 nitrogen and oxygen atoms in total. The number of hydrogen-bond donors (Lipinski definition) is 1. The minimum absolute atomic E-state index is 0.563. The summed E-state index contributed by atoms with van der Waals surface area (Å²) in [6.07, 6.45) is 5.33. The minimum atomic E-state index is 0.563. The van der Waals surface area contributed by atoms with Gasteiger partial charge in [0.2, 0.25) is 0 Å². The number of aromatic nitrogens is 1. The quantitative estimate of drug-likeness (QED) is 0.910. The maximum absolute atomic E-state index is 5.97. The molecule has 1 aliphatic heterocycles. The van der Waals surface area contributed by atoms with Gasteiger partial charge in [0.05, 0.1) is 11.2 Å². The molecule has 1 aliphatic carbocycles. The minimum Gasteiger partial charge on any atom is -0.329 e. The van der Waals surface area contributed by atoms with Gasteiger partial charge in [0, 0.05) is 29.9 Å². The van der Waals surface area contributed by atoms with Crippen LogP contribution in [0.1, 0.15) is 49.1 Å². The zero-order valence-electron chi connectivity index (χ0n) is 11.1. The van der Waals surface area contributed by atoms with Gasteiger partial charge < -0.3 is 5.73 Å². The predicted molar refractivity (Wildman–Crippen MR) is 75.7 cm³/mol. The molecule has 100 valence electrons. The first kappa shape index (κ1) is 12.6. The normalized spacial score (nSPS) is 29.7. The molecule has 0 bridgehead atoms. The van der Waals surface area contributed by atoms with E-state index in [2.05, 4.69) is 16.8 Å². The lowest BCUT2D eigenvalue weighted by Crippen LogP contribution is -2.48. The molecule has 2 N–H and O–H groups in total. The highest BCUT2D eigenvalue weighted by Gasteiger charge is 2.31. The van der Waals surface area contributed by atoms with Crippen LogP contribution < -0.4 is 5.73 Å². The third-order valence-electron chi connectivity index (χ3n) is 4.46. The van der Waals surface area contributed by atoms with Crippen molar-refractivity contribution < 1.29 is 0 Å². The molecule has 2 fully saturated rings. The average Bonchev–Trinajstić information content (AvgIpc) is 3.11. The Hall–Kier alpha value is -0.450. The van der Waals surface area contributed by atoms with Crippen molar-refractivity contribution >= 4 is 11.3 Å². The molecule has 1 aromatic rings. The van der Waals surface area contributed by atoms with Gasteiger partial charge in [0.1, 0.15) is 0 Å². The standard InChI is InChI=1S/C14H23N3S/c1-10-3-2-6-17(12(10)7-15)8-13-14(11-4-5-11)16-9-18-13/h9-12H,2-8,15H2,1H3. The summed E-state index contributed by atoms with van der Waals surface area (Å²) in [6.45, 7) is 5.41. The molecule has 2 aliphatic rings. The summed E-state index contributed by atoms with van der Waals surface area (Å²) < 4.78 is 0. The summed E-state index contributed by atoms with van der Waals surface area (Å²) in [4.78, 5) is 8.66. The van der Waals surface area contributed by atoms with Gasteiger partial charge in [-0.3, -0.25) is 4.90 Å². The van der Waals surface area contributed by atoms with E-state index < -0.39 is 0 Å². The molecule has 0 amide bonds. The lowest BCUT2D eigenvalue weighted by Gasteiger charge is -2.39. The molecule has 0 aromatic carbocycles. The Morgan fingerprint density at radius 1 is 1.44 bits per heavy atom. The lowest BCUT2D eigenvalue weighted by molar-refractivity contribution is 0.0998. The van der Waals surface area contributed by atoms with Crippen LogP contribution in [-0.2, 0) is 6.54 Å². The van der Waals surface area contributed by atoms with Crippen molar-refractivity contribution in [1.29, 1.82) is 0 Å². The number of piperidine rings is 1. The van der Waals surface area contributed by atoms with Crippen molar-refractivity contribution in [2.75, 3.05) is 13.1 Å². The van der Waals surface area contributed by atoms with Crippen LogP contribution >= 0.6 is 11.3 Å². The van der Waals surface area contributed by atoms with E-state index in [1.54, 1.807) is 0 Å². The number of thiazole rings is 1. The van der Waals surface area contributed by atoms with Crippen molar-refractivity contribution in [3.05, 3.63) is 16.1 Å². The molecule has 2 unspecified atom stereocenters. The smallest absolute Gasteiger partial charge is 0.0798 e. The number of hydrogen-bond acceptors (Lipinski definition) is 4. The summed E-state index contributed by atoms with van der Waals surface area (Å²) >= 11 is 1.83. The van der Waals surface area contributed by atoms with Gasteiger partial charge in [-0.05, 0) is 38.1 Å². The summed E-state index contributed by atoms with van der Waals surface area (Å²) in [7, 11) is 0. The molecular formula is C14H23N3S. The molecule has 3 rings (SSSR count). The second-order valence-corrected chi connectivity index (χ2v) is 6.77. The highest BCUT2D eigenvalue weighted by molar-refractivity contribution is 7.09. The molecule has 2 heterocycles. The fraction of sp³-hybridized carbons (Fsp3) is 0.786. The van der Waals surface area contributed by atoms with Gasteiger partial charge in [-0.15, -0.1) is 11.3 Å². The first-order valence-corrected chi connectivity index (χ1v) is 8.04. The third kappa shape index (κ3) is 2.46. The summed E-state index contributed by atoms with van der Waals surface area (Å²) in [6, 6.07) is 0.563. The number of nitrogens with zero attached hydrogens (tertiary/aromatic N) is 2. The van der Waals surface area contributed by atoms with Gasteiger partial charge in [-0.2, -0.15) is 0 Å². The van der Waals surface area contributed by atoms with Gasteiger partial charge in [-0.25, -0.2) is 4.98 Å². The number of nitrogens with two attached hydrogens (primary N) is 1. The Labute approximate surface area is 113 Å². The fourth-order valence-electron chi connectivity index (χ4n) is 3.18. The van der Waals surface area contributed by atoms with Crippen LogP contribution in [-0.4, -0.2) is 29.0 Å². The molecule has 0 spiro atoms. The maximum Gasteiger partial charge on any atom is 0.0798 e. The van der Waals surface area contributed by atoms with E-state index in [0.717, 1.165) is 24.9 Å². The topological polar surface area (TPSA) is 42.2 Å². The summed E-state index contributed by atoms with van der Waals surface area (Å²) in [5.74, 6) is 1.51. The van der Waals surface area contributed by atoms with Crippen LogP contribution in [0.4, 0.5) is 0 Å². The molecular weight excluding hydrogens is 242 g/mol. The van der Waals surface area contributed by atoms with Gasteiger partial charge in [0.25, 0.3) is 0 Å². The third-order valence-corrected chi connectivity index (χ3v) is 5.29. The molecule has 18 heavy (non-hydrogen) atoms. The molecule has 4 heteroatoms. The van der Waals surface area contributed by atoms with Crippen molar-refractivity contribution in [3.63, 3.8) is 0 Å². The van der Waals surface area contributed by atoms with Gasteiger partial charge in [0.15, 0.2) is 0 Å². The number of likely N-dealkylation sites (tertiary alicyclic amines) is 1. The van der Waals surface area contributed by atoms with Gasteiger partial charge in [-0.1, -0.05) is 6.92 Å². The Bertz CT molecular complexity index is 399. The predicted octanol–water partition coefficient (Wildman–Crippen LogP) is 2.58. The fourth-order valence-corrected chi connectivity index (χ4v) is 4.06.